The van der Waals surface area contributed by atoms with Crippen LogP contribution in [0.25, 0.3) is 0 Å². The van der Waals surface area contributed by atoms with E-state index in [-0.39, 0.29) is 31.1 Å². The summed E-state index contributed by atoms with van der Waals surface area (Å²) < 4.78 is 0. The van der Waals surface area contributed by atoms with Crippen LogP contribution in [0.2, 0.25) is 0 Å². The molecule has 0 aliphatic heterocycles. The number of carbonyl (C=O) groups is 10. The van der Waals surface area contributed by atoms with Gasteiger partial charge in [-0.15, -0.1) is 0 Å². The third kappa shape index (κ3) is 22.1. The Morgan fingerprint density at radius 3 is 1.39 bits per heavy atom. The topological polar surface area (TPSA) is 420 Å². The number of amides is 8. The third-order valence-electron chi connectivity index (χ3n) is 10.2. The molecule has 0 aliphatic carbocycles. The Hall–Kier alpha value is -5.50. The van der Waals surface area contributed by atoms with Gasteiger partial charge in [0, 0.05) is 0 Å². The summed E-state index contributed by atoms with van der Waals surface area (Å²) in [6.07, 6.45) is -0.822. The molecular formula is C41H74N10O15. The molecule has 0 unspecified atom stereocenters. The lowest BCUT2D eigenvalue weighted by Gasteiger charge is -2.29. The first-order chi connectivity index (χ1) is 30.7. The Kier molecular flexibility index (Phi) is 28.1. The van der Waals surface area contributed by atoms with E-state index in [1.807, 2.05) is 0 Å². The average Bonchev–Trinajstić information content (AvgIpc) is 3.23. The molecular weight excluding hydrogens is 873 g/mol. The SMILES string of the molecule is CC[C@H](C)[C@H](NC(=O)[C@H](CC(C)C)NC(=O)[C@@H](NC(=O)[C@H](CO)NC(=O)[C@H](C)NC(=O)[C@H](CC(C)C)NC(=O)[C@H](CC(=O)O)NC(=O)[C@@H](N)CCCCN)[C@@H](C)O)C(=O)N[C@@H](CO)C(=O)O. The van der Waals surface area contributed by atoms with E-state index in [1.165, 1.54) is 6.92 Å². The Morgan fingerprint density at radius 2 is 0.939 bits per heavy atom. The fourth-order valence-electron chi connectivity index (χ4n) is 6.17. The van der Waals surface area contributed by atoms with E-state index in [0.29, 0.717) is 25.8 Å². The van der Waals surface area contributed by atoms with Crippen molar-refractivity contribution in [1.29, 1.82) is 0 Å². The van der Waals surface area contributed by atoms with Crippen LogP contribution in [0.1, 0.15) is 100 Å². The van der Waals surface area contributed by atoms with Crippen molar-refractivity contribution in [2.45, 2.75) is 161 Å². The van der Waals surface area contributed by atoms with E-state index >= 15 is 0 Å². The van der Waals surface area contributed by atoms with Gasteiger partial charge in [0.15, 0.2) is 0 Å². The number of aliphatic hydroxyl groups is 3. The number of nitrogens with one attached hydrogen (secondary N) is 8. The Morgan fingerprint density at radius 1 is 0.515 bits per heavy atom. The van der Waals surface area contributed by atoms with Gasteiger partial charge in [-0.05, 0) is 63.8 Å². The van der Waals surface area contributed by atoms with Gasteiger partial charge in [0.2, 0.25) is 47.3 Å². The highest BCUT2D eigenvalue weighted by Crippen LogP contribution is 2.13. The van der Waals surface area contributed by atoms with Crippen LogP contribution < -0.4 is 54.0 Å². The van der Waals surface area contributed by atoms with Gasteiger partial charge in [-0.1, -0.05) is 54.4 Å². The van der Waals surface area contributed by atoms with E-state index in [0.717, 1.165) is 6.92 Å². The molecule has 0 aromatic heterocycles. The second-order valence-corrected chi connectivity index (χ2v) is 17.1. The molecule has 66 heavy (non-hydrogen) atoms. The summed E-state index contributed by atoms with van der Waals surface area (Å²) in [7, 11) is 0. The van der Waals surface area contributed by atoms with Crippen LogP contribution in [0.3, 0.4) is 0 Å². The van der Waals surface area contributed by atoms with Gasteiger partial charge < -0.3 is 79.5 Å². The van der Waals surface area contributed by atoms with Crippen LogP contribution in [-0.4, -0.2) is 165 Å². The monoisotopic (exact) mass is 947 g/mol. The first-order valence-electron chi connectivity index (χ1n) is 22.0. The van der Waals surface area contributed by atoms with E-state index < -0.39 is 145 Å². The summed E-state index contributed by atoms with van der Waals surface area (Å²) in [6.45, 7) is 11.0. The van der Waals surface area contributed by atoms with Crippen molar-refractivity contribution in [3.63, 3.8) is 0 Å². The highest BCUT2D eigenvalue weighted by Gasteiger charge is 2.37. The van der Waals surface area contributed by atoms with Gasteiger partial charge in [0.05, 0.1) is 31.8 Å². The number of rotatable bonds is 32. The number of aliphatic carboxylic acids is 2. The van der Waals surface area contributed by atoms with Crippen LogP contribution in [0.15, 0.2) is 0 Å². The standard InChI is InChI=1S/C41H74N10O15/c1-9-21(6)31(39(63)49-29(18-53)41(65)66)50-37(61)26(15-20(4)5)47-40(64)32(23(8)54)51-38(62)28(17-52)48-33(57)22(7)44-35(59)25(14-19(2)3)46-36(60)27(16-30(55)56)45-34(58)24(43)12-10-11-13-42/h19-29,31-32,52-54H,9-18,42-43H2,1-8H3,(H,44,59)(H,45,58)(H,46,60)(H,47,64)(H,48,57)(H,49,63)(H,50,61)(H,51,62)(H,55,56)(H,65,66)/t21-,22-,23+,24-,25-,26-,27-,28-,29-,31-,32-/m0/s1. The number of carboxylic acid groups (broad SMARTS) is 2. The molecule has 8 amide bonds. The van der Waals surface area contributed by atoms with Crippen molar-refractivity contribution < 1.29 is 73.5 Å². The molecule has 0 bridgehead atoms. The van der Waals surface area contributed by atoms with E-state index in [1.54, 1.807) is 41.5 Å². The molecule has 0 heterocycles. The normalized spacial score (nSPS) is 16.3. The molecule has 0 aromatic rings. The summed E-state index contributed by atoms with van der Waals surface area (Å²) in [5, 5.41) is 67.4. The van der Waals surface area contributed by atoms with Gasteiger partial charge in [-0.3, -0.25) is 43.2 Å². The van der Waals surface area contributed by atoms with Crippen LogP contribution >= 0.6 is 0 Å². The minimum Gasteiger partial charge on any atom is -0.481 e. The second kappa shape index (κ2) is 30.7. The minimum atomic E-state index is -1.78. The molecule has 0 saturated carbocycles. The van der Waals surface area contributed by atoms with Gasteiger partial charge in [0.25, 0.3) is 0 Å². The predicted molar refractivity (Wildman–Crippen MR) is 236 cm³/mol. The van der Waals surface area contributed by atoms with Crippen molar-refractivity contribution >= 4 is 59.2 Å². The smallest absolute Gasteiger partial charge is 0.328 e. The van der Waals surface area contributed by atoms with Crippen LogP contribution in [-0.2, 0) is 47.9 Å². The number of nitrogens with two attached hydrogens (primary N) is 2. The predicted octanol–water partition coefficient (Wildman–Crippen LogP) is -4.60. The minimum absolute atomic E-state index is 0.00593. The zero-order chi connectivity index (χ0) is 51.0. The summed E-state index contributed by atoms with van der Waals surface area (Å²) in [6, 6.07) is -13.3. The van der Waals surface area contributed by atoms with Crippen LogP contribution in [0.4, 0.5) is 0 Å². The van der Waals surface area contributed by atoms with Crippen molar-refractivity contribution in [3.05, 3.63) is 0 Å². The maximum absolute atomic E-state index is 13.6. The lowest BCUT2D eigenvalue weighted by molar-refractivity contribution is -0.144. The van der Waals surface area contributed by atoms with Gasteiger partial charge >= 0.3 is 11.9 Å². The van der Waals surface area contributed by atoms with E-state index in [9.17, 15) is 73.5 Å². The number of hydrogen-bond acceptors (Lipinski definition) is 15. The zero-order valence-electron chi connectivity index (χ0n) is 39.0. The maximum atomic E-state index is 13.6. The summed E-state index contributed by atoms with van der Waals surface area (Å²) in [4.78, 5) is 129. The highest BCUT2D eigenvalue weighted by molar-refractivity contribution is 5.98. The van der Waals surface area contributed by atoms with E-state index in [2.05, 4.69) is 42.5 Å². The molecule has 0 aliphatic rings. The largest absolute Gasteiger partial charge is 0.481 e. The average molecular weight is 947 g/mol. The molecule has 25 nitrogen and oxygen atoms in total. The van der Waals surface area contributed by atoms with Gasteiger partial charge in [-0.25, -0.2) is 4.79 Å². The molecule has 0 rings (SSSR count). The number of aliphatic hydroxyl groups excluding tert-OH is 3. The third-order valence-corrected chi connectivity index (χ3v) is 10.2. The highest BCUT2D eigenvalue weighted by atomic mass is 16.4. The fraction of sp³-hybridized carbons (Fsp3) is 0.756. The Balaban J connectivity index is 6.05. The summed E-state index contributed by atoms with van der Waals surface area (Å²) >= 11 is 0. The molecule has 17 N–H and O–H groups in total. The molecule has 25 heteroatoms. The number of hydrogen-bond donors (Lipinski definition) is 15. The summed E-state index contributed by atoms with van der Waals surface area (Å²) in [5.41, 5.74) is 11.4. The van der Waals surface area contributed by atoms with Crippen molar-refractivity contribution in [3.8, 4) is 0 Å². The first kappa shape index (κ1) is 60.5. The molecule has 0 spiro atoms. The summed E-state index contributed by atoms with van der Waals surface area (Å²) in [5.74, 6) is -11.7. The van der Waals surface area contributed by atoms with Crippen molar-refractivity contribution in [1.82, 2.24) is 42.5 Å². The first-order valence-corrected chi connectivity index (χ1v) is 22.0. The van der Waals surface area contributed by atoms with E-state index in [4.69, 9.17) is 11.5 Å². The zero-order valence-corrected chi connectivity index (χ0v) is 39.0. The Labute approximate surface area is 384 Å². The molecule has 0 fully saturated rings. The lowest BCUT2D eigenvalue weighted by Crippen LogP contribution is -2.62. The molecule has 0 aromatic carbocycles. The number of carbonyl (C=O) groups excluding carboxylic acids is 8. The number of unbranched alkanes of at least 4 members (excludes halogenated alkanes) is 1. The molecule has 0 radical (unpaired) electrons. The molecule has 0 saturated heterocycles. The fourth-order valence-corrected chi connectivity index (χ4v) is 6.17. The van der Waals surface area contributed by atoms with Gasteiger partial charge in [-0.2, -0.15) is 0 Å². The van der Waals surface area contributed by atoms with Crippen molar-refractivity contribution in [2.75, 3.05) is 19.8 Å². The second-order valence-electron chi connectivity index (χ2n) is 17.1. The molecule has 11 atom stereocenters. The van der Waals surface area contributed by atoms with Gasteiger partial charge in [0.1, 0.15) is 48.3 Å². The quantitative estimate of drug-likeness (QED) is 0.0282. The van der Waals surface area contributed by atoms with Crippen LogP contribution in [0.5, 0.6) is 0 Å². The Bertz CT molecular complexity index is 1650. The molecule has 378 valence electrons. The van der Waals surface area contributed by atoms with Crippen LogP contribution in [0, 0.1) is 17.8 Å². The number of carboxylic acids is 2. The van der Waals surface area contributed by atoms with Crippen molar-refractivity contribution in [2.24, 2.45) is 29.2 Å². The lowest BCUT2D eigenvalue weighted by atomic mass is 9.96. The maximum Gasteiger partial charge on any atom is 0.328 e.